The minimum absolute atomic E-state index is 0. The zero-order valence-corrected chi connectivity index (χ0v) is 12.9. The molecule has 0 atom stereocenters. The van der Waals surface area contributed by atoms with Crippen LogP contribution in [-0.2, 0) is 4.43 Å². The lowest BCUT2D eigenvalue weighted by Gasteiger charge is -2.35. The van der Waals surface area contributed by atoms with Gasteiger partial charge in [0.05, 0.1) is 0 Å². The van der Waals surface area contributed by atoms with Gasteiger partial charge in [0.25, 0.3) is 8.32 Å². The van der Waals surface area contributed by atoms with Crippen molar-refractivity contribution < 1.29 is 4.43 Å². The molecule has 3 rings (SSSR count). The molecule has 0 aromatic heterocycles. The summed E-state index contributed by atoms with van der Waals surface area (Å²) in [5.74, 6) is 0. The normalized spacial score (nSPS) is 16.6. The Balaban J connectivity index is 0.000001000. The molecule has 0 unspecified atom stereocenters. The summed E-state index contributed by atoms with van der Waals surface area (Å²) in [5, 5.41) is 2.83. The van der Waals surface area contributed by atoms with Gasteiger partial charge in [-0.3, -0.25) is 0 Å². The lowest BCUT2D eigenvalue weighted by atomic mass is 10.3. The molecule has 1 fully saturated rings. The van der Waals surface area contributed by atoms with E-state index in [1.54, 1.807) is 0 Å². The molecule has 4 heteroatoms. The monoisotopic (exact) mass is 288 g/mol. The highest BCUT2D eigenvalue weighted by atomic mass is 28.4. The minimum Gasteiger partial charge on any atom is -0.408 e. The van der Waals surface area contributed by atoms with Crippen LogP contribution in [0.15, 0.2) is 60.7 Å². The van der Waals surface area contributed by atoms with E-state index >= 15 is 0 Å². The largest absolute Gasteiger partial charge is 0.408 e. The summed E-state index contributed by atoms with van der Waals surface area (Å²) in [6.45, 7) is 0.913. The lowest BCUT2D eigenvalue weighted by Crippen LogP contribution is -2.62. The van der Waals surface area contributed by atoms with E-state index in [2.05, 4.69) is 60.7 Å². The van der Waals surface area contributed by atoms with E-state index in [1.165, 1.54) is 29.3 Å². The van der Waals surface area contributed by atoms with E-state index in [0.29, 0.717) is 0 Å². The second-order valence-corrected chi connectivity index (χ2v) is 8.46. The minimum atomic E-state index is -1.93. The van der Waals surface area contributed by atoms with Crippen molar-refractivity contribution in [2.75, 3.05) is 6.61 Å². The van der Waals surface area contributed by atoms with Crippen LogP contribution in [0.25, 0.3) is 0 Å². The quantitative estimate of drug-likeness (QED) is 0.834. The SMILES string of the molecule is N.N.c1ccc([Si]2(c3ccccc3)CCCCO2)cc1. The maximum Gasteiger partial charge on any atom is 0.255 e. The predicted molar refractivity (Wildman–Crippen MR) is 87.9 cm³/mol. The van der Waals surface area contributed by atoms with Gasteiger partial charge in [0.1, 0.15) is 0 Å². The zero-order chi connectivity index (χ0) is 12.3. The summed E-state index contributed by atoms with van der Waals surface area (Å²) < 4.78 is 6.38. The van der Waals surface area contributed by atoms with Crippen LogP contribution in [-0.4, -0.2) is 14.9 Å². The topological polar surface area (TPSA) is 79.2 Å². The zero-order valence-electron chi connectivity index (χ0n) is 11.9. The van der Waals surface area contributed by atoms with Crippen LogP contribution in [0.1, 0.15) is 12.8 Å². The molecular weight excluding hydrogens is 264 g/mol. The van der Waals surface area contributed by atoms with Gasteiger partial charge in [-0.1, -0.05) is 67.1 Å². The molecule has 0 aliphatic carbocycles. The fraction of sp³-hybridized carbons (Fsp3) is 0.250. The summed E-state index contributed by atoms with van der Waals surface area (Å²) in [6.07, 6.45) is 2.49. The first-order valence-corrected chi connectivity index (χ1v) is 8.78. The lowest BCUT2D eigenvalue weighted by molar-refractivity contribution is 0.284. The van der Waals surface area contributed by atoms with Crippen LogP contribution < -0.4 is 22.7 Å². The smallest absolute Gasteiger partial charge is 0.255 e. The average molecular weight is 288 g/mol. The second kappa shape index (κ2) is 7.35. The van der Waals surface area contributed by atoms with Crippen molar-refractivity contribution >= 4 is 18.7 Å². The fourth-order valence-corrected chi connectivity index (χ4v) is 6.92. The molecule has 0 amide bonds. The van der Waals surface area contributed by atoms with Crippen molar-refractivity contribution in [2.45, 2.75) is 18.9 Å². The van der Waals surface area contributed by atoms with Gasteiger partial charge in [-0.2, -0.15) is 0 Å². The van der Waals surface area contributed by atoms with Crippen molar-refractivity contribution in [1.29, 1.82) is 0 Å². The number of hydrogen-bond donors (Lipinski definition) is 2. The Bertz CT molecular complexity index is 457. The van der Waals surface area contributed by atoms with Gasteiger partial charge in [0.15, 0.2) is 0 Å². The molecule has 1 aliphatic rings. The van der Waals surface area contributed by atoms with Gasteiger partial charge in [-0.25, -0.2) is 0 Å². The Morgan fingerprint density at radius 1 is 0.700 bits per heavy atom. The summed E-state index contributed by atoms with van der Waals surface area (Å²) >= 11 is 0. The number of hydrogen-bond acceptors (Lipinski definition) is 3. The van der Waals surface area contributed by atoms with Crippen LogP contribution >= 0.6 is 0 Å². The van der Waals surface area contributed by atoms with Gasteiger partial charge >= 0.3 is 0 Å². The Hall–Kier alpha value is -1.46. The van der Waals surface area contributed by atoms with Crippen LogP contribution in [0.2, 0.25) is 6.04 Å². The third-order valence-electron chi connectivity index (χ3n) is 3.75. The number of rotatable bonds is 2. The van der Waals surface area contributed by atoms with Crippen LogP contribution in [0, 0.1) is 0 Å². The molecule has 2 aromatic carbocycles. The molecule has 0 saturated carbocycles. The molecule has 1 heterocycles. The highest BCUT2D eigenvalue weighted by molar-refractivity contribution is 6.97. The second-order valence-electron chi connectivity index (χ2n) is 4.86. The van der Waals surface area contributed by atoms with E-state index in [1.807, 2.05) is 0 Å². The first kappa shape index (κ1) is 16.6. The molecular formula is C16H24N2OSi. The van der Waals surface area contributed by atoms with Crippen LogP contribution in [0.3, 0.4) is 0 Å². The summed E-state index contributed by atoms with van der Waals surface area (Å²) in [6, 6.07) is 22.9. The summed E-state index contributed by atoms with van der Waals surface area (Å²) in [7, 11) is -1.93. The summed E-state index contributed by atoms with van der Waals surface area (Å²) in [5.41, 5.74) is 0. The van der Waals surface area contributed by atoms with Gasteiger partial charge in [-0.15, -0.1) is 0 Å². The third kappa shape index (κ3) is 2.99. The highest BCUT2D eigenvalue weighted by Crippen LogP contribution is 2.21. The van der Waals surface area contributed by atoms with E-state index in [9.17, 15) is 0 Å². The molecule has 2 aromatic rings. The van der Waals surface area contributed by atoms with Crippen LogP contribution in [0.5, 0.6) is 0 Å². The molecule has 1 aliphatic heterocycles. The molecule has 3 nitrogen and oxygen atoms in total. The molecule has 20 heavy (non-hydrogen) atoms. The van der Waals surface area contributed by atoms with Crippen LogP contribution in [0.4, 0.5) is 0 Å². The molecule has 6 N–H and O–H groups in total. The third-order valence-corrected chi connectivity index (χ3v) is 8.04. The molecule has 0 spiro atoms. The molecule has 0 radical (unpaired) electrons. The van der Waals surface area contributed by atoms with Crippen molar-refractivity contribution in [1.82, 2.24) is 12.3 Å². The van der Waals surface area contributed by atoms with Crippen molar-refractivity contribution in [3.8, 4) is 0 Å². The van der Waals surface area contributed by atoms with Crippen molar-refractivity contribution in [3.05, 3.63) is 60.7 Å². The molecule has 0 bridgehead atoms. The van der Waals surface area contributed by atoms with Gasteiger partial charge < -0.3 is 16.7 Å². The van der Waals surface area contributed by atoms with Crippen molar-refractivity contribution in [2.24, 2.45) is 0 Å². The summed E-state index contributed by atoms with van der Waals surface area (Å²) in [4.78, 5) is 0. The van der Waals surface area contributed by atoms with E-state index in [0.717, 1.165) is 6.61 Å². The van der Waals surface area contributed by atoms with E-state index < -0.39 is 8.32 Å². The van der Waals surface area contributed by atoms with Gasteiger partial charge in [0, 0.05) is 6.61 Å². The Kier molecular flexibility index (Phi) is 6.10. The van der Waals surface area contributed by atoms with E-state index in [-0.39, 0.29) is 12.3 Å². The van der Waals surface area contributed by atoms with Gasteiger partial charge in [0.2, 0.25) is 0 Å². The number of benzene rings is 2. The predicted octanol–water partition coefficient (Wildman–Crippen LogP) is 2.88. The molecule has 1 saturated heterocycles. The molecule has 108 valence electrons. The average Bonchev–Trinajstić information content (AvgIpc) is 2.50. The first-order valence-electron chi connectivity index (χ1n) is 6.67. The van der Waals surface area contributed by atoms with Crippen molar-refractivity contribution in [3.63, 3.8) is 0 Å². The first-order chi connectivity index (χ1) is 8.92. The Morgan fingerprint density at radius 2 is 1.20 bits per heavy atom. The van der Waals surface area contributed by atoms with E-state index in [4.69, 9.17) is 4.43 Å². The van der Waals surface area contributed by atoms with Gasteiger partial charge in [-0.05, 0) is 22.8 Å². The Labute approximate surface area is 122 Å². The highest BCUT2D eigenvalue weighted by Gasteiger charge is 2.40. The Morgan fingerprint density at radius 3 is 1.60 bits per heavy atom. The maximum atomic E-state index is 6.38. The maximum absolute atomic E-state index is 6.38. The standard InChI is InChI=1S/C16H18OSi.2H3N/c1-3-9-15(10-4-1)18(14-8-7-13-17-18)16-11-5-2-6-12-16;;/h1-6,9-12H,7-8,13-14H2;2*1H3. The fourth-order valence-electron chi connectivity index (χ4n) is 2.83.